The third kappa shape index (κ3) is 0.916. The van der Waals surface area contributed by atoms with E-state index in [9.17, 15) is 0 Å². The predicted octanol–water partition coefficient (Wildman–Crippen LogP) is 1.49. The van der Waals surface area contributed by atoms with Crippen molar-refractivity contribution in [2.45, 2.75) is 6.85 Å². The molecule has 1 heterocycles. The summed E-state index contributed by atoms with van der Waals surface area (Å²) in [5.41, 5.74) is 0.250. The molecule has 0 bridgehead atoms. The van der Waals surface area contributed by atoms with E-state index in [0.29, 0.717) is 4.60 Å². The Balaban J connectivity index is 3.13. The van der Waals surface area contributed by atoms with Gasteiger partial charge in [-0.05, 0) is 22.8 Å². The quantitative estimate of drug-likeness (QED) is 0.588. The van der Waals surface area contributed by atoms with Gasteiger partial charge in [0.25, 0.3) is 0 Å². The fourth-order valence-corrected chi connectivity index (χ4v) is 0.814. The Hall–Kier alpha value is -0.310. The molecule has 0 aliphatic heterocycles. The molecule has 0 unspecified atom stereocenters. The van der Waals surface area contributed by atoms with E-state index in [4.69, 9.17) is 4.11 Å². The topological polar surface area (TPSA) is 17.8 Å². The van der Waals surface area contributed by atoms with Gasteiger partial charge in [0.1, 0.15) is 4.60 Å². The standard InChI is InChI=1S/C5H7BrN2/c1-4-3-8(2)7-5(4)6/h3H,1-2H3/i1D3. The number of aromatic nitrogens is 2. The summed E-state index contributed by atoms with van der Waals surface area (Å²) in [6.45, 7) is -2.08. The molecule has 0 atom stereocenters. The molecule has 0 aliphatic rings. The minimum Gasteiger partial charge on any atom is -0.274 e. The van der Waals surface area contributed by atoms with Gasteiger partial charge >= 0.3 is 0 Å². The highest BCUT2D eigenvalue weighted by atomic mass is 79.9. The van der Waals surface area contributed by atoms with Crippen molar-refractivity contribution in [2.75, 3.05) is 0 Å². The second-order valence-corrected chi connectivity index (χ2v) is 2.26. The lowest BCUT2D eigenvalue weighted by Crippen LogP contribution is -1.84. The highest BCUT2D eigenvalue weighted by molar-refractivity contribution is 9.10. The van der Waals surface area contributed by atoms with E-state index in [1.54, 1.807) is 7.05 Å². The summed E-state index contributed by atoms with van der Waals surface area (Å²) in [5.74, 6) is 0. The summed E-state index contributed by atoms with van der Waals surface area (Å²) in [6.07, 6.45) is 1.48. The van der Waals surface area contributed by atoms with Crippen molar-refractivity contribution in [2.24, 2.45) is 7.05 Å². The highest BCUT2D eigenvalue weighted by Crippen LogP contribution is 2.10. The van der Waals surface area contributed by atoms with E-state index in [1.807, 2.05) is 0 Å². The molecule has 0 saturated carbocycles. The van der Waals surface area contributed by atoms with Gasteiger partial charge in [-0.15, -0.1) is 0 Å². The molecule has 0 saturated heterocycles. The molecule has 0 aliphatic carbocycles. The second kappa shape index (κ2) is 1.90. The van der Waals surface area contributed by atoms with Crippen LogP contribution >= 0.6 is 15.9 Å². The highest BCUT2D eigenvalue weighted by Gasteiger charge is 1.94. The smallest absolute Gasteiger partial charge is 0.131 e. The maximum absolute atomic E-state index is 7.08. The molecule has 1 aromatic heterocycles. The third-order valence-corrected chi connectivity index (χ3v) is 1.37. The van der Waals surface area contributed by atoms with Gasteiger partial charge in [-0.1, -0.05) is 0 Å². The van der Waals surface area contributed by atoms with Crippen molar-refractivity contribution in [1.29, 1.82) is 0 Å². The number of aryl methyl sites for hydroxylation is 2. The van der Waals surface area contributed by atoms with E-state index in [2.05, 4.69) is 21.0 Å². The maximum atomic E-state index is 7.08. The van der Waals surface area contributed by atoms with Gasteiger partial charge in [-0.3, -0.25) is 4.68 Å². The van der Waals surface area contributed by atoms with Gasteiger partial charge in [-0.25, -0.2) is 0 Å². The van der Waals surface area contributed by atoms with Crippen LogP contribution in [0.15, 0.2) is 10.8 Å². The first-order valence-corrected chi connectivity index (χ1v) is 2.90. The Morgan fingerprint density at radius 3 is 3.00 bits per heavy atom. The SMILES string of the molecule is [2H]C([2H])([2H])c1cn(C)nc1Br. The number of nitrogens with zero attached hydrogens (tertiary/aromatic N) is 2. The minimum atomic E-state index is -2.08. The van der Waals surface area contributed by atoms with Crippen molar-refractivity contribution in [3.05, 3.63) is 16.4 Å². The van der Waals surface area contributed by atoms with Gasteiger partial charge < -0.3 is 0 Å². The maximum Gasteiger partial charge on any atom is 0.131 e. The van der Waals surface area contributed by atoms with Crippen LogP contribution < -0.4 is 0 Å². The lowest BCUT2D eigenvalue weighted by atomic mass is 10.4. The first-order chi connectivity index (χ1) is 4.91. The van der Waals surface area contributed by atoms with Crippen LogP contribution in [0.25, 0.3) is 0 Å². The Labute approximate surface area is 60.9 Å². The van der Waals surface area contributed by atoms with Gasteiger partial charge in [0.2, 0.25) is 0 Å². The molecule has 0 fully saturated rings. The van der Waals surface area contributed by atoms with Crippen LogP contribution in [0.4, 0.5) is 0 Å². The molecule has 8 heavy (non-hydrogen) atoms. The zero-order chi connectivity index (χ0) is 8.65. The van der Waals surface area contributed by atoms with Crippen LogP contribution in [0.2, 0.25) is 0 Å². The molecule has 1 aromatic rings. The second-order valence-electron chi connectivity index (χ2n) is 1.51. The van der Waals surface area contributed by atoms with Crippen molar-refractivity contribution in [3.63, 3.8) is 0 Å². The molecule has 0 radical (unpaired) electrons. The summed E-state index contributed by atoms with van der Waals surface area (Å²) in [5, 5.41) is 3.85. The normalized spacial score (nSPS) is 17.0. The Kier molecular flexibility index (Phi) is 0.714. The first kappa shape index (κ1) is 3.01. The number of rotatable bonds is 0. The molecule has 0 amide bonds. The summed E-state index contributed by atoms with van der Waals surface area (Å²) in [4.78, 5) is 0. The summed E-state index contributed by atoms with van der Waals surface area (Å²) >= 11 is 3.06. The third-order valence-electron chi connectivity index (χ3n) is 0.784. The van der Waals surface area contributed by atoms with Crippen molar-refractivity contribution in [3.8, 4) is 0 Å². The van der Waals surface area contributed by atoms with E-state index in [0.717, 1.165) is 0 Å². The largest absolute Gasteiger partial charge is 0.274 e. The van der Waals surface area contributed by atoms with Gasteiger partial charge in [0, 0.05) is 22.9 Å². The summed E-state index contributed by atoms with van der Waals surface area (Å²) < 4.78 is 23.1. The monoisotopic (exact) mass is 177 g/mol. The van der Waals surface area contributed by atoms with E-state index in [1.165, 1.54) is 10.9 Å². The van der Waals surface area contributed by atoms with E-state index in [-0.39, 0.29) is 5.56 Å². The molecular weight excluding hydrogens is 168 g/mol. The molecule has 3 heteroatoms. The van der Waals surface area contributed by atoms with Gasteiger partial charge in [0.05, 0.1) is 0 Å². The Morgan fingerprint density at radius 1 is 2.00 bits per heavy atom. The molecule has 0 N–H and O–H groups in total. The van der Waals surface area contributed by atoms with Crippen LogP contribution in [0.5, 0.6) is 0 Å². The number of hydrogen-bond acceptors (Lipinski definition) is 1. The van der Waals surface area contributed by atoms with Crippen LogP contribution in [0.3, 0.4) is 0 Å². The molecule has 1 rings (SSSR count). The lowest BCUT2D eigenvalue weighted by molar-refractivity contribution is 0.760. The molecule has 0 spiro atoms. The molecule has 44 valence electrons. The Morgan fingerprint density at radius 2 is 2.75 bits per heavy atom. The molecule has 0 aromatic carbocycles. The Bertz CT molecular complexity index is 265. The fourth-order valence-electron chi connectivity index (χ4n) is 0.461. The van der Waals surface area contributed by atoms with Gasteiger partial charge in [0.15, 0.2) is 0 Å². The van der Waals surface area contributed by atoms with E-state index < -0.39 is 6.85 Å². The van der Waals surface area contributed by atoms with Crippen LogP contribution in [-0.4, -0.2) is 9.78 Å². The van der Waals surface area contributed by atoms with Gasteiger partial charge in [-0.2, -0.15) is 5.10 Å². The fraction of sp³-hybridized carbons (Fsp3) is 0.400. The average Bonchev–Trinajstić information content (AvgIpc) is 2.08. The van der Waals surface area contributed by atoms with Crippen LogP contribution in [-0.2, 0) is 7.05 Å². The minimum absolute atomic E-state index is 0.250. The molecule has 2 nitrogen and oxygen atoms in total. The average molecular weight is 178 g/mol. The summed E-state index contributed by atoms with van der Waals surface area (Å²) in [7, 11) is 1.68. The molecular formula is C5H7BrN2. The van der Waals surface area contributed by atoms with Crippen molar-refractivity contribution < 1.29 is 4.11 Å². The zero-order valence-corrected chi connectivity index (χ0v) is 5.94. The van der Waals surface area contributed by atoms with Crippen molar-refractivity contribution in [1.82, 2.24) is 9.78 Å². The van der Waals surface area contributed by atoms with E-state index >= 15 is 0 Å². The lowest BCUT2D eigenvalue weighted by Gasteiger charge is -1.78. The van der Waals surface area contributed by atoms with Crippen LogP contribution in [0.1, 0.15) is 9.68 Å². The number of halogens is 1. The first-order valence-electron chi connectivity index (χ1n) is 3.61. The van der Waals surface area contributed by atoms with Crippen molar-refractivity contribution >= 4 is 15.9 Å². The summed E-state index contributed by atoms with van der Waals surface area (Å²) in [6, 6.07) is 0. The number of hydrogen-bond donors (Lipinski definition) is 0. The zero-order valence-electron chi connectivity index (χ0n) is 7.35. The predicted molar refractivity (Wildman–Crippen MR) is 35.6 cm³/mol. The van der Waals surface area contributed by atoms with Crippen LogP contribution in [0, 0.1) is 6.85 Å².